The van der Waals surface area contributed by atoms with E-state index >= 15 is 0 Å². The number of anilines is 1. The molecule has 3 aromatic carbocycles. The van der Waals surface area contributed by atoms with E-state index in [1.807, 2.05) is 24.3 Å². The topological polar surface area (TPSA) is 80.5 Å². The Labute approximate surface area is 191 Å². The van der Waals surface area contributed by atoms with Crippen molar-refractivity contribution in [2.24, 2.45) is 11.8 Å². The molecule has 6 nitrogen and oxygen atoms in total. The predicted molar refractivity (Wildman–Crippen MR) is 123 cm³/mol. The highest BCUT2D eigenvalue weighted by Crippen LogP contribution is 2.65. The number of nitrogens with zero attached hydrogens (tertiary/aromatic N) is 2. The summed E-state index contributed by atoms with van der Waals surface area (Å²) in [6.45, 7) is 3.81. The molecule has 1 heterocycles. The highest BCUT2D eigenvalue weighted by molar-refractivity contribution is 6.24. The van der Waals surface area contributed by atoms with Crippen LogP contribution >= 0.6 is 0 Å². The molecule has 1 saturated heterocycles. The van der Waals surface area contributed by atoms with E-state index in [0.29, 0.717) is 12.0 Å². The lowest BCUT2D eigenvalue weighted by atomic mass is 9.46. The van der Waals surface area contributed by atoms with E-state index in [4.69, 9.17) is 0 Å². The second-order valence-corrected chi connectivity index (χ2v) is 9.24. The number of imide groups is 1. The summed E-state index contributed by atoms with van der Waals surface area (Å²) in [7, 11) is 0. The van der Waals surface area contributed by atoms with Crippen LogP contribution in [-0.4, -0.2) is 16.7 Å². The van der Waals surface area contributed by atoms with Crippen LogP contribution in [0.4, 0.5) is 11.4 Å². The molecule has 2 atom stereocenters. The summed E-state index contributed by atoms with van der Waals surface area (Å²) in [6.07, 6.45) is 0.651. The second kappa shape index (κ2) is 6.61. The van der Waals surface area contributed by atoms with Gasteiger partial charge in [0.2, 0.25) is 11.8 Å². The quantitative estimate of drug-likeness (QED) is 0.332. The Balaban J connectivity index is 1.63. The maximum atomic E-state index is 14.1. The molecule has 33 heavy (non-hydrogen) atoms. The number of amides is 2. The molecule has 0 saturated carbocycles. The fraction of sp³-hybridized carbons (Fsp3) is 0.259. The first-order valence-corrected chi connectivity index (χ1v) is 11.2. The van der Waals surface area contributed by atoms with E-state index < -0.39 is 22.2 Å². The first kappa shape index (κ1) is 19.9. The van der Waals surface area contributed by atoms with Gasteiger partial charge in [0.1, 0.15) is 5.69 Å². The van der Waals surface area contributed by atoms with Gasteiger partial charge in [0.05, 0.1) is 16.8 Å². The number of nitro benzene ring substituents is 1. The molecule has 7 rings (SSSR count). The van der Waals surface area contributed by atoms with Crippen molar-refractivity contribution in [3.63, 3.8) is 0 Å². The third-order valence-electron chi connectivity index (χ3n) is 7.92. The van der Waals surface area contributed by atoms with Crippen LogP contribution in [0.3, 0.4) is 0 Å². The van der Waals surface area contributed by atoms with Crippen LogP contribution in [0.15, 0.2) is 66.7 Å². The molecule has 164 valence electrons. The lowest BCUT2D eigenvalue weighted by Crippen LogP contribution is -2.53. The molecule has 3 aromatic rings. The van der Waals surface area contributed by atoms with E-state index in [2.05, 4.69) is 31.2 Å². The van der Waals surface area contributed by atoms with Crippen molar-refractivity contribution >= 4 is 23.2 Å². The predicted octanol–water partition coefficient (Wildman–Crippen LogP) is 4.86. The monoisotopic (exact) mass is 438 g/mol. The molecule has 0 unspecified atom stereocenters. The number of carbonyl (C=O) groups is 2. The van der Waals surface area contributed by atoms with Gasteiger partial charge in [-0.1, -0.05) is 61.5 Å². The fourth-order valence-corrected chi connectivity index (χ4v) is 6.74. The van der Waals surface area contributed by atoms with Gasteiger partial charge in [-0.15, -0.1) is 0 Å². The Morgan fingerprint density at radius 2 is 1.55 bits per heavy atom. The minimum atomic E-state index is -0.645. The molecule has 2 bridgehead atoms. The van der Waals surface area contributed by atoms with Gasteiger partial charge in [-0.3, -0.25) is 19.7 Å². The van der Waals surface area contributed by atoms with Gasteiger partial charge in [-0.05, 0) is 47.2 Å². The van der Waals surface area contributed by atoms with E-state index in [1.165, 1.54) is 12.1 Å². The van der Waals surface area contributed by atoms with Crippen LogP contribution in [0, 0.1) is 28.9 Å². The Kier molecular flexibility index (Phi) is 3.97. The Bertz CT molecular complexity index is 1330. The number of aryl methyl sites for hydroxylation is 1. The van der Waals surface area contributed by atoms with Crippen LogP contribution in [-0.2, 0) is 15.0 Å². The molecule has 0 N–H and O–H groups in total. The Morgan fingerprint density at radius 3 is 2.12 bits per heavy atom. The van der Waals surface area contributed by atoms with Crippen molar-refractivity contribution in [1.29, 1.82) is 0 Å². The summed E-state index contributed by atoms with van der Waals surface area (Å²) in [5.41, 5.74) is 4.26. The van der Waals surface area contributed by atoms with Gasteiger partial charge in [0.25, 0.3) is 5.69 Å². The summed E-state index contributed by atoms with van der Waals surface area (Å²) in [5, 5.41) is 11.8. The maximum absolute atomic E-state index is 14.1. The molecule has 6 heteroatoms. The number of benzene rings is 3. The number of hydrogen-bond donors (Lipinski definition) is 0. The average molecular weight is 438 g/mol. The lowest BCUT2D eigenvalue weighted by molar-refractivity contribution is -0.384. The van der Waals surface area contributed by atoms with Gasteiger partial charge in [0, 0.05) is 17.4 Å². The molecular formula is C27H22N2O4. The Hall–Kier alpha value is -3.80. The zero-order valence-electron chi connectivity index (χ0n) is 18.3. The summed E-state index contributed by atoms with van der Waals surface area (Å²) < 4.78 is 0. The summed E-state index contributed by atoms with van der Waals surface area (Å²) in [4.78, 5) is 40.4. The molecule has 2 amide bonds. The molecule has 0 radical (unpaired) electrons. The van der Waals surface area contributed by atoms with E-state index in [9.17, 15) is 19.7 Å². The van der Waals surface area contributed by atoms with Gasteiger partial charge < -0.3 is 0 Å². The van der Waals surface area contributed by atoms with Crippen molar-refractivity contribution in [3.05, 3.63) is 105 Å². The lowest BCUT2D eigenvalue weighted by Gasteiger charge is -2.54. The van der Waals surface area contributed by atoms with Crippen molar-refractivity contribution in [3.8, 4) is 0 Å². The fourth-order valence-electron chi connectivity index (χ4n) is 6.74. The number of carbonyl (C=O) groups excluding carboxylic acids is 2. The minimum Gasteiger partial charge on any atom is -0.274 e. The van der Waals surface area contributed by atoms with Gasteiger partial charge in [0.15, 0.2) is 0 Å². The average Bonchev–Trinajstić information content (AvgIpc) is 3.10. The smallest absolute Gasteiger partial charge is 0.274 e. The van der Waals surface area contributed by atoms with Gasteiger partial charge in [-0.25, -0.2) is 4.90 Å². The van der Waals surface area contributed by atoms with E-state index in [1.54, 1.807) is 13.0 Å². The minimum absolute atomic E-state index is 0.0637. The molecule has 1 aliphatic heterocycles. The molecular weight excluding hydrogens is 416 g/mol. The van der Waals surface area contributed by atoms with Gasteiger partial charge in [-0.2, -0.15) is 0 Å². The highest BCUT2D eigenvalue weighted by Gasteiger charge is 2.67. The summed E-state index contributed by atoms with van der Waals surface area (Å²) >= 11 is 0. The molecule has 0 spiro atoms. The first-order chi connectivity index (χ1) is 15.9. The largest absolute Gasteiger partial charge is 0.293 e. The third kappa shape index (κ3) is 2.28. The normalized spacial score (nSPS) is 26.7. The van der Waals surface area contributed by atoms with Crippen LogP contribution in [0.2, 0.25) is 0 Å². The molecule has 4 aliphatic rings. The van der Waals surface area contributed by atoms with Crippen LogP contribution in [0.1, 0.15) is 47.1 Å². The molecule has 0 aromatic heterocycles. The molecule has 3 aliphatic carbocycles. The number of hydrogen-bond acceptors (Lipinski definition) is 4. The highest BCUT2D eigenvalue weighted by atomic mass is 16.6. The van der Waals surface area contributed by atoms with Crippen molar-refractivity contribution in [2.45, 2.75) is 31.6 Å². The van der Waals surface area contributed by atoms with E-state index in [0.717, 1.165) is 27.2 Å². The summed E-state index contributed by atoms with van der Waals surface area (Å²) in [5.74, 6) is -2.10. The first-order valence-electron chi connectivity index (χ1n) is 11.2. The van der Waals surface area contributed by atoms with Crippen molar-refractivity contribution in [2.75, 3.05) is 4.90 Å². The zero-order valence-corrected chi connectivity index (χ0v) is 18.3. The standard InChI is InChI=1S/C27H22N2O4/c1-3-27-18-10-6-4-8-16(18)22(17-9-5-7-11-19(17)27)23-24(27)26(31)28(25(23)30)20-13-12-15(2)14-21(20)29(32)33/h4-14,22-24H,3H2,1-2H3/t22?,23-,24-,27?/m0/s1. The van der Waals surface area contributed by atoms with Gasteiger partial charge >= 0.3 is 0 Å². The molecule has 1 fully saturated rings. The van der Waals surface area contributed by atoms with Crippen LogP contribution in [0.5, 0.6) is 0 Å². The summed E-state index contributed by atoms with van der Waals surface area (Å²) in [6, 6.07) is 20.9. The van der Waals surface area contributed by atoms with Crippen LogP contribution < -0.4 is 4.90 Å². The second-order valence-electron chi connectivity index (χ2n) is 9.24. The number of nitro groups is 1. The Morgan fingerprint density at radius 1 is 0.939 bits per heavy atom. The third-order valence-corrected chi connectivity index (χ3v) is 7.92. The number of rotatable bonds is 3. The van der Waals surface area contributed by atoms with Crippen LogP contribution in [0.25, 0.3) is 0 Å². The zero-order chi connectivity index (χ0) is 23.1. The van der Waals surface area contributed by atoms with Crippen molar-refractivity contribution < 1.29 is 14.5 Å². The van der Waals surface area contributed by atoms with E-state index in [-0.39, 0.29) is 29.1 Å². The van der Waals surface area contributed by atoms with Crippen molar-refractivity contribution in [1.82, 2.24) is 0 Å². The maximum Gasteiger partial charge on any atom is 0.293 e. The SMILES string of the molecule is CCC12c3ccccc3C(c3ccccc31)[C@@H]1C(=O)N(c3ccc(C)cc3[N+](=O)[O-])C(=O)[C@H]12.